The number of rotatable bonds is 14. The Kier molecular flexibility index (Phi) is 14.9. The number of nitrogens with zero attached hydrogens (tertiary/aromatic N) is 1. The normalized spacial score (nSPS) is 11.5. The van der Waals surface area contributed by atoms with Crippen LogP contribution in [0.4, 0.5) is 9.59 Å². The molecule has 2 aromatic rings. The van der Waals surface area contributed by atoms with Crippen LogP contribution in [0.5, 0.6) is 0 Å². The number of carboxylic acids is 1. The van der Waals surface area contributed by atoms with E-state index >= 15 is 0 Å². The van der Waals surface area contributed by atoms with Crippen LogP contribution in [0.1, 0.15) is 37.8 Å². The third kappa shape index (κ3) is 14.4. The van der Waals surface area contributed by atoms with Crippen LogP contribution in [0, 0.1) is 0 Å². The summed E-state index contributed by atoms with van der Waals surface area (Å²) >= 11 is 0. The van der Waals surface area contributed by atoms with E-state index in [2.05, 4.69) is 20.9 Å². The van der Waals surface area contributed by atoms with Crippen LogP contribution in [-0.2, 0) is 51.0 Å². The SMILES string of the molecule is CCC(CC(NC(C)=O)C(=O)O)N=C(NC(=O)OCOC(=O)Cc1ccccc1)NC(=O)OCOC(=O)Cc1ccccc1. The zero-order valence-electron chi connectivity index (χ0n) is 24.1. The van der Waals surface area contributed by atoms with Gasteiger partial charge in [0, 0.05) is 13.3 Å². The number of hydrogen-bond donors (Lipinski definition) is 4. The van der Waals surface area contributed by atoms with Crippen LogP contribution < -0.4 is 16.0 Å². The van der Waals surface area contributed by atoms with Crippen molar-refractivity contribution in [1.29, 1.82) is 0 Å². The monoisotopic (exact) mass is 614 g/mol. The molecule has 2 atom stereocenters. The number of hydrogen-bond acceptors (Lipinski definition) is 11. The summed E-state index contributed by atoms with van der Waals surface area (Å²) in [4.78, 5) is 75.9. The molecule has 0 aliphatic heterocycles. The molecule has 15 nitrogen and oxygen atoms in total. The molecule has 0 aromatic heterocycles. The first-order chi connectivity index (χ1) is 21.0. The van der Waals surface area contributed by atoms with E-state index in [1.54, 1.807) is 67.6 Å². The fourth-order valence-electron chi connectivity index (χ4n) is 3.52. The number of esters is 2. The molecule has 236 valence electrons. The molecule has 2 unspecified atom stereocenters. The third-order valence-corrected chi connectivity index (χ3v) is 5.61. The highest BCUT2D eigenvalue weighted by Crippen LogP contribution is 2.08. The Labute approximate surface area is 252 Å². The van der Waals surface area contributed by atoms with E-state index in [-0.39, 0.29) is 25.7 Å². The molecule has 0 fully saturated rings. The largest absolute Gasteiger partial charge is 0.480 e. The van der Waals surface area contributed by atoms with Gasteiger partial charge in [0.25, 0.3) is 0 Å². The van der Waals surface area contributed by atoms with Crippen molar-refractivity contribution in [2.24, 2.45) is 4.99 Å². The van der Waals surface area contributed by atoms with Crippen molar-refractivity contribution in [2.75, 3.05) is 13.6 Å². The molecular formula is C29H34N4O11. The fraction of sp³-hybridized carbons (Fsp3) is 0.345. The summed E-state index contributed by atoms with van der Waals surface area (Å²) in [5.41, 5.74) is 1.38. The minimum Gasteiger partial charge on any atom is -0.480 e. The highest BCUT2D eigenvalue weighted by Gasteiger charge is 2.24. The second-order valence-corrected chi connectivity index (χ2v) is 9.07. The first kappa shape index (κ1) is 34.7. The van der Waals surface area contributed by atoms with Gasteiger partial charge in [0.05, 0.1) is 18.9 Å². The maximum atomic E-state index is 12.4. The number of carboxylic acid groups (broad SMARTS) is 1. The van der Waals surface area contributed by atoms with Crippen molar-refractivity contribution in [3.05, 3.63) is 71.8 Å². The minimum atomic E-state index is -1.32. The van der Waals surface area contributed by atoms with Crippen molar-refractivity contribution in [2.45, 2.75) is 51.6 Å². The molecule has 2 aromatic carbocycles. The number of carbonyl (C=O) groups excluding carboxylic acids is 5. The topological polar surface area (TPSA) is 208 Å². The third-order valence-electron chi connectivity index (χ3n) is 5.61. The molecule has 4 N–H and O–H groups in total. The molecule has 44 heavy (non-hydrogen) atoms. The lowest BCUT2D eigenvalue weighted by atomic mass is 10.1. The first-order valence-electron chi connectivity index (χ1n) is 13.4. The van der Waals surface area contributed by atoms with Crippen LogP contribution in [0.15, 0.2) is 65.7 Å². The van der Waals surface area contributed by atoms with Crippen molar-refractivity contribution in [3.63, 3.8) is 0 Å². The molecule has 0 heterocycles. The number of aliphatic imine (C=N–C) groups is 1. The van der Waals surface area contributed by atoms with Crippen LogP contribution in [0.25, 0.3) is 0 Å². The van der Waals surface area contributed by atoms with Gasteiger partial charge in [0.15, 0.2) is 0 Å². The average Bonchev–Trinajstić information content (AvgIpc) is 2.97. The number of carbonyl (C=O) groups is 6. The molecule has 2 rings (SSSR count). The van der Waals surface area contributed by atoms with E-state index in [4.69, 9.17) is 18.9 Å². The Bertz CT molecular complexity index is 1230. The van der Waals surface area contributed by atoms with Crippen molar-refractivity contribution in [1.82, 2.24) is 16.0 Å². The Morgan fingerprint density at radius 3 is 1.59 bits per heavy atom. The summed E-state index contributed by atoms with van der Waals surface area (Å²) in [6.07, 6.45) is -2.45. The van der Waals surface area contributed by atoms with Gasteiger partial charge < -0.3 is 29.4 Å². The van der Waals surface area contributed by atoms with E-state index in [0.717, 1.165) is 6.92 Å². The molecule has 15 heteroatoms. The highest BCUT2D eigenvalue weighted by molar-refractivity contribution is 6.01. The second-order valence-electron chi connectivity index (χ2n) is 9.07. The van der Waals surface area contributed by atoms with Gasteiger partial charge in [-0.05, 0) is 17.5 Å². The number of guanidine groups is 1. The number of amides is 3. The number of nitrogens with one attached hydrogen (secondary N) is 3. The Balaban J connectivity index is 1.99. The zero-order chi connectivity index (χ0) is 32.3. The quantitative estimate of drug-likeness (QED) is 0.105. The molecule has 3 amide bonds. The van der Waals surface area contributed by atoms with Gasteiger partial charge >= 0.3 is 30.1 Å². The van der Waals surface area contributed by atoms with E-state index in [9.17, 15) is 33.9 Å². The minimum absolute atomic E-state index is 0.0565. The van der Waals surface area contributed by atoms with E-state index in [0.29, 0.717) is 11.1 Å². The molecule has 0 saturated heterocycles. The molecule has 0 bridgehead atoms. The van der Waals surface area contributed by atoms with Gasteiger partial charge in [-0.1, -0.05) is 67.6 Å². The first-order valence-corrected chi connectivity index (χ1v) is 13.4. The molecule has 0 saturated carbocycles. The number of ether oxygens (including phenoxy) is 4. The van der Waals surface area contributed by atoms with Gasteiger partial charge in [-0.3, -0.25) is 25.0 Å². The molecule has 0 radical (unpaired) electrons. The van der Waals surface area contributed by atoms with Crippen molar-refractivity contribution >= 4 is 42.0 Å². The van der Waals surface area contributed by atoms with Gasteiger partial charge in [0.2, 0.25) is 25.5 Å². The summed E-state index contributed by atoms with van der Waals surface area (Å²) in [5, 5.41) is 16.0. The predicted octanol–water partition coefficient (Wildman–Crippen LogP) is 2.04. The van der Waals surface area contributed by atoms with E-state index < -0.39 is 67.6 Å². The second kappa shape index (κ2) is 18.9. The lowest BCUT2D eigenvalue weighted by molar-refractivity contribution is -0.152. The molecule has 0 spiro atoms. The zero-order valence-corrected chi connectivity index (χ0v) is 24.1. The maximum Gasteiger partial charge on any atom is 0.416 e. The average molecular weight is 615 g/mol. The van der Waals surface area contributed by atoms with Crippen LogP contribution >= 0.6 is 0 Å². The lowest BCUT2D eigenvalue weighted by Crippen LogP contribution is -2.46. The maximum absolute atomic E-state index is 12.4. The summed E-state index contributed by atoms with van der Waals surface area (Å²) < 4.78 is 19.4. The fourth-order valence-corrected chi connectivity index (χ4v) is 3.52. The Hall–Kier alpha value is -5.47. The highest BCUT2D eigenvalue weighted by atomic mass is 16.7. The Morgan fingerprint density at radius 2 is 1.20 bits per heavy atom. The standard InChI is InChI=1S/C29H34N4O11/c1-3-22(16-23(26(37)38)30-19(2)34)31-27(32-28(39)43-17-41-24(35)14-20-10-6-4-7-11-20)33-29(40)44-18-42-25(36)15-21-12-8-5-9-13-21/h4-13,22-23H,3,14-18H2,1-2H3,(H,30,34)(H,37,38)(H2,31,32,33,39,40). The van der Waals surface area contributed by atoms with Gasteiger partial charge in [-0.15, -0.1) is 0 Å². The molecular weight excluding hydrogens is 580 g/mol. The van der Waals surface area contributed by atoms with E-state index in [1.165, 1.54) is 0 Å². The summed E-state index contributed by atoms with van der Waals surface area (Å²) in [6, 6.07) is 15.3. The molecule has 0 aliphatic carbocycles. The van der Waals surface area contributed by atoms with Gasteiger partial charge in [-0.2, -0.15) is 0 Å². The predicted molar refractivity (Wildman–Crippen MR) is 153 cm³/mol. The van der Waals surface area contributed by atoms with Crippen LogP contribution in [0.2, 0.25) is 0 Å². The summed E-state index contributed by atoms with van der Waals surface area (Å²) in [7, 11) is 0. The number of benzene rings is 2. The number of alkyl carbamates (subject to hydrolysis) is 2. The van der Waals surface area contributed by atoms with Gasteiger partial charge in [0.1, 0.15) is 6.04 Å². The van der Waals surface area contributed by atoms with E-state index in [1.807, 2.05) is 0 Å². The van der Waals surface area contributed by atoms with Crippen LogP contribution in [0.3, 0.4) is 0 Å². The van der Waals surface area contributed by atoms with Crippen molar-refractivity contribution < 1.29 is 52.8 Å². The molecule has 0 aliphatic rings. The van der Waals surface area contributed by atoms with Crippen LogP contribution in [-0.4, -0.2) is 72.7 Å². The smallest absolute Gasteiger partial charge is 0.416 e. The lowest BCUT2D eigenvalue weighted by Gasteiger charge is -2.19. The Morgan fingerprint density at radius 1 is 0.750 bits per heavy atom. The summed E-state index contributed by atoms with van der Waals surface area (Å²) in [6.45, 7) is 1.30. The van der Waals surface area contributed by atoms with Gasteiger partial charge in [-0.25, -0.2) is 19.4 Å². The summed E-state index contributed by atoms with van der Waals surface area (Å²) in [5.74, 6) is -3.73. The number of aliphatic carboxylic acids is 1. The van der Waals surface area contributed by atoms with Crippen molar-refractivity contribution in [3.8, 4) is 0 Å².